The van der Waals surface area contributed by atoms with Crippen molar-refractivity contribution in [1.29, 1.82) is 0 Å². The topological polar surface area (TPSA) is 130 Å². The summed E-state index contributed by atoms with van der Waals surface area (Å²) < 4.78 is 48.5. The minimum absolute atomic E-state index is 0.0278. The van der Waals surface area contributed by atoms with Crippen LogP contribution in [0.2, 0.25) is 0 Å². The molecule has 3 aromatic rings. The van der Waals surface area contributed by atoms with Crippen LogP contribution in [0.3, 0.4) is 0 Å². The van der Waals surface area contributed by atoms with E-state index in [0.29, 0.717) is 24.3 Å². The number of alkyl halides is 3. The highest BCUT2D eigenvalue weighted by atomic mass is 19.4. The first-order valence-corrected chi connectivity index (χ1v) is 13.2. The normalized spacial score (nSPS) is 13.9. The van der Waals surface area contributed by atoms with Gasteiger partial charge in [-0.25, -0.2) is 14.5 Å². The summed E-state index contributed by atoms with van der Waals surface area (Å²) in [6, 6.07) is 7.36. The van der Waals surface area contributed by atoms with Gasteiger partial charge in [0.25, 0.3) is 0 Å². The van der Waals surface area contributed by atoms with Gasteiger partial charge in [-0.1, -0.05) is 26.8 Å². The van der Waals surface area contributed by atoms with Crippen molar-refractivity contribution in [3.8, 4) is 11.6 Å². The van der Waals surface area contributed by atoms with E-state index < -0.39 is 30.1 Å². The number of nitrogens with zero attached hydrogens (tertiary/aromatic N) is 3. The van der Waals surface area contributed by atoms with Gasteiger partial charge < -0.3 is 20.5 Å². The summed E-state index contributed by atoms with van der Waals surface area (Å²) in [5, 5.41) is 21.9. The molecule has 1 amide bonds. The van der Waals surface area contributed by atoms with Gasteiger partial charge in [-0.05, 0) is 54.7 Å². The van der Waals surface area contributed by atoms with Crippen LogP contribution in [-0.4, -0.2) is 63.7 Å². The van der Waals surface area contributed by atoms with Gasteiger partial charge in [-0.3, -0.25) is 10.1 Å². The molecule has 0 saturated carbocycles. The molecule has 0 saturated heterocycles. The Bertz CT molecular complexity index is 1280. The second-order valence-corrected chi connectivity index (χ2v) is 9.93. The number of carboxylic acids is 1. The molecule has 4 N–H and O–H groups in total. The molecule has 0 radical (unpaired) electrons. The van der Waals surface area contributed by atoms with Gasteiger partial charge in [0.1, 0.15) is 6.04 Å². The quantitative estimate of drug-likeness (QED) is 0.219. The van der Waals surface area contributed by atoms with Crippen LogP contribution in [0.25, 0.3) is 5.69 Å². The fourth-order valence-corrected chi connectivity index (χ4v) is 4.22. The first-order chi connectivity index (χ1) is 19.4. The van der Waals surface area contributed by atoms with Crippen molar-refractivity contribution in [3.05, 3.63) is 66.1 Å². The standard InChI is InChI=1S/C28H35F3N6O4/c1-5-19(16-32-20-7-9-21(10-8-20)37-23(27(39)40)12-13-34-37)35-26(38)22(14-17(2)3)36-25(28(29,30)31)18-6-11-24(41-4)33-15-18/h6-13,15,17,19,22,25,32,36H,5,14,16H2,1-4H3,(H,35,38)(H,39,40)/t19-,22-,25-/m0/s1. The van der Waals surface area contributed by atoms with E-state index in [-0.39, 0.29) is 35.5 Å². The predicted octanol–water partition coefficient (Wildman–Crippen LogP) is 4.59. The number of carboxylic acid groups (broad SMARTS) is 1. The zero-order chi connectivity index (χ0) is 30.2. The van der Waals surface area contributed by atoms with Gasteiger partial charge >= 0.3 is 12.1 Å². The maximum absolute atomic E-state index is 14.1. The van der Waals surface area contributed by atoms with E-state index in [9.17, 15) is 27.9 Å². The fourth-order valence-electron chi connectivity index (χ4n) is 4.22. The summed E-state index contributed by atoms with van der Waals surface area (Å²) in [5.41, 5.74) is 1.18. The summed E-state index contributed by atoms with van der Waals surface area (Å²) in [4.78, 5) is 28.5. The molecule has 0 unspecified atom stereocenters. The van der Waals surface area contributed by atoms with E-state index in [1.807, 2.05) is 20.8 Å². The number of rotatable bonds is 14. The maximum atomic E-state index is 14.1. The number of pyridine rings is 1. The summed E-state index contributed by atoms with van der Waals surface area (Å²) >= 11 is 0. The smallest absolute Gasteiger partial charge is 0.407 e. The van der Waals surface area contributed by atoms with Gasteiger partial charge in [0, 0.05) is 30.5 Å². The SMILES string of the molecule is CC[C@@H](CNc1ccc(-n2nccc2C(=O)O)cc1)NC(=O)[C@H](CC(C)C)N[C@@H](c1ccc(OC)nc1)C(F)(F)F. The number of halogens is 3. The minimum atomic E-state index is -4.66. The van der Waals surface area contributed by atoms with Crippen molar-refractivity contribution in [2.24, 2.45) is 5.92 Å². The van der Waals surface area contributed by atoms with E-state index in [0.717, 1.165) is 6.20 Å². The van der Waals surface area contributed by atoms with E-state index in [2.05, 4.69) is 26.0 Å². The Balaban J connectivity index is 1.68. The summed E-state index contributed by atoms with van der Waals surface area (Å²) in [6.07, 6.45) is -1.45. The molecule has 13 heteroatoms. The molecule has 10 nitrogen and oxygen atoms in total. The highest BCUT2D eigenvalue weighted by Crippen LogP contribution is 2.33. The van der Waals surface area contributed by atoms with Crippen molar-refractivity contribution in [1.82, 2.24) is 25.4 Å². The zero-order valence-electron chi connectivity index (χ0n) is 23.3. The molecule has 0 spiro atoms. The average Bonchev–Trinajstić information content (AvgIpc) is 3.43. The van der Waals surface area contributed by atoms with Crippen LogP contribution >= 0.6 is 0 Å². The number of carbonyl (C=O) groups is 2. The Kier molecular flexibility index (Phi) is 10.7. The minimum Gasteiger partial charge on any atom is -0.481 e. The van der Waals surface area contributed by atoms with Crippen LogP contribution in [0.15, 0.2) is 54.9 Å². The molecule has 41 heavy (non-hydrogen) atoms. The van der Waals surface area contributed by atoms with Crippen molar-refractivity contribution in [2.75, 3.05) is 19.0 Å². The van der Waals surface area contributed by atoms with Crippen LogP contribution in [0.5, 0.6) is 5.88 Å². The number of benzene rings is 1. The molecular formula is C28H35F3N6O4. The number of aromatic nitrogens is 3. The third-order valence-corrected chi connectivity index (χ3v) is 6.39. The summed E-state index contributed by atoms with van der Waals surface area (Å²) in [6.45, 7) is 5.87. The molecule has 3 rings (SSSR count). The fraction of sp³-hybridized carbons (Fsp3) is 0.429. The molecule has 1 aromatic carbocycles. The van der Waals surface area contributed by atoms with Gasteiger partial charge in [0.15, 0.2) is 5.69 Å². The maximum Gasteiger partial charge on any atom is 0.407 e. The molecule has 0 aliphatic rings. The van der Waals surface area contributed by atoms with Crippen LogP contribution < -0.4 is 20.7 Å². The molecule has 222 valence electrons. The summed E-state index contributed by atoms with van der Waals surface area (Å²) in [5.74, 6) is -1.49. The van der Waals surface area contributed by atoms with Gasteiger partial charge in [-0.15, -0.1) is 0 Å². The third kappa shape index (κ3) is 8.68. The Morgan fingerprint density at radius 1 is 1.10 bits per heavy atom. The first kappa shape index (κ1) is 31.4. The van der Waals surface area contributed by atoms with Crippen molar-refractivity contribution < 1.29 is 32.6 Å². The second kappa shape index (κ2) is 14.0. The van der Waals surface area contributed by atoms with Crippen LogP contribution in [0.4, 0.5) is 18.9 Å². The van der Waals surface area contributed by atoms with Crippen LogP contribution in [-0.2, 0) is 4.79 Å². The number of amides is 1. The monoisotopic (exact) mass is 576 g/mol. The Labute approximate surface area is 236 Å². The lowest BCUT2D eigenvalue weighted by atomic mass is 9.99. The van der Waals surface area contributed by atoms with Crippen molar-refractivity contribution in [3.63, 3.8) is 0 Å². The van der Waals surface area contributed by atoms with Gasteiger partial charge in [0.2, 0.25) is 11.8 Å². The number of anilines is 1. The largest absolute Gasteiger partial charge is 0.481 e. The Hall–Kier alpha value is -4.13. The van der Waals surface area contributed by atoms with E-state index >= 15 is 0 Å². The highest BCUT2D eigenvalue weighted by molar-refractivity contribution is 5.86. The summed E-state index contributed by atoms with van der Waals surface area (Å²) in [7, 11) is 1.37. The van der Waals surface area contributed by atoms with Gasteiger partial charge in [-0.2, -0.15) is 18.3 Å². The molecule has 0 aliphatic carbocycles. The first-order valence-electron chi connectivity index (χ1n) is 13.2. The van der Waals surface area contributed by atoms with Crippen LogP contribution in [0.1, 0.15) is 55.7 Å². The Morgan fingerprint density at radius 3 is 2.34 bits per heavy atom. The molecule has 0 bridgehead atoms. The number of aromatic carboxylic acids is 1. The number of nitrogens with one attached hydrogen (secondary N) is 3. The van der Waals surface area contributed by atoms with Crippen LogP contribution in [0, 0.1) is 5.92 Å². The second-order valence-electron chi connectivity index (χ2n) is 9.93. The lowest BCUT2D eigenvalue weighted by molar-refractivity contribution is -0.161. The lowest BCUT2D eigenvalue weighted by Crippen LogP contribution is -2.52. The molecule has 0 fully saturated rings. The number of ether oxygens (including phenoxy) is 1. The molecule has 2 heterocycles. The number of hydrogen-bond acceptors (Lipinski definition) is 7. The highest BCUT2D eigenvalue weighted by Gasteiger charge is 2.43. The van der Waals surface area contributed by atoms with Gasteiger partial charge in [0.05, 0.1) is 25.0 Å². The lowest BCUT2D eigenvalue weighted by Gasteiger charge is -2.29. The predicted molar refractivity (Wildman–Crippen MR) is 147 cm³/mol. The van der Waals surface area contributed by atoms with E-state index in [1.165, 1.54) is 36.2 Å². The number of methoxy groups -OCH3 is 1. The number of carbonyl (C=O) groups excluding carboxylic acids is 1. The Morgan fingerprint density at radius 2 is 1.80 bits per heavy atom. The van der Waals surface area contributed by atoms with Crippen molar-refractivity contribution in [2.45, 2.75) is 57.9 Å². The average molecular weight is 577 g/mol. The number of hydrogen-bond donors (Lipinski definition) is 4. The third-order valence-electron chi connectivity index (χ3n) is 6.39. The zero-order valence-corrected chi connectivity index (χ0v) is 23.3. The van der Waals surface area contributed by atoms with Crippen molar-refractivity contribution >= 4 is 17.6 Å². The molecule has 2 aromatic heterocycles. The molecule has 0 aliphatic heterocycles. The molecular weight excluding hydrogens is 541 g/mol. The van der Waals surface area contributed by atoms with E-state index in [4.69, 9.17) is 4.74 Å². The van der Waals surface area contributed by atoms with E-state index in [1.54, 1.807) is 24.3 Å². The molecule has 3 atom stereocenters.